The highest BCUT2D eigenvalue weighted by atomic mass is 15.3. The molecule has 0 bridgehead atoms. The number of hydrogen-bond donors (Lipinski definition) is 1. The van der Waals surface area contributed by atoms with Crippen LogP contribution in [0.15, 0.2) is 67.3 Å². The molecule has 0 aliphatic carbocycles. The molecule has 4 nitrogen and oxygen atoms in total. The van der Waals surface area contributed by atoms with Gasteiger partial charge in [0.1, 0.15) is 0 Å². The predicted octanol–water partition coefficient (Wildman–Crippen LogP) is 2.32. The van der Waals surface area contributed by atoms with Crippen molar-refractivity contribution in [3.63, 3.8) is 0 Å². The van der Waals surface area contributed by atoms with Gasteiger partial charge in [-0.15, -0.1) is 0 Å². The lowest BCUT2D eigenvalue weighted by molar-refractivity contribution is 0.859. The fraction of sp³-hybridized carbons (Fsp3) is 0.0667. The molecule has 1 atom stereocenters. The van der Waals surface area contributed by atoms with Crippen LogP contribution in [0.4, 0.5) is 0 Å². The minimum Gasteiger partial charge on any atom is -0.320 e. The molecule has 1 unspecified atom stereocenters. The first-order chi connectivity index (χ1) is 9.34. The smallest absolute Gasteiger partial charge is 0.0645 e. The van der Waals surface area contributed by atoms with Crippen molar-refractivity contribution >= 4 is 0 Å². The molecule has 1 aromatic carbocycles. The van der Waals surface area contributed by atoms with E-state index in [0.717, 1.165) is 16.8 Å². The summed E-state index contributed by atoms with van der Waals surface area (Å²) < 4.78 is 1.83. The second-order valence-electron chi connectivity index (χ2n) is 4.31. The number of rotatable bonds is 3. The molecule has 19 heavy (non-hydrogen) atoms. The van der Waals surface area contributed by atoms with Gasteiger partial charge in [0.25, 0.3) is 0 Å². The standard InChI is InChI=1S/C15H14N4/c16-15(12-6-8-17-9-7-12)13-10-18-19(11-13)14-4-2-1-3-5-14/h1-11,15H,16H2. The Morgan fingerprint density at radius 2 is 1.68 bits per heavy atom. The van der Waals surface area contributed by atoms with Gasteiger partial charge in [0, 0.05) is 24.2 Å². The van der Waals surface area contributed by atoms with Crippen LogP contribution in [0, 0.1) is 0 Å². The summed E-state index contributed by atoms with van der Waals surface area (Å²) in [4.78, 5) is 4.00. The zero-order valence-electron chi connectivity index (χ0n) is 10.3. The van der Waals surface area contributed by atoms with E-state index in [1.165, 1.54) is 0 Å². The molecule has 0 aliphatic heterocycles. The van der Waals surface area contributed by atoms with Gasteiger partial charge in [0.15, 0.2) is 0 Å². The molecule has 0 saturated carbocycles. The van der Waals surface area contributed by atoms with E-state index in [4.69, 9.17) is 5.73 Å². The van der Waals surface area contributed by atoms with Gasteiger partial charge in [-0.1, -0.05) is 18.2 Å². The zero-order valence-corrected chi connectivity index (χ0v) is 10.3. The molecule has 0 saturated heterocycles. The number of para-hydroxylation sites is 1. The fourth-order valence-electron chi connectivity index (χ4n) is 1.98. The molecule has 94 valence electrons. The number of hydrogen-bond acceptors (Lipinski definition) is 3. The van der Waals surface area contributed by atoms with Gasteiger partial charge in [-0.05, 0) is 29.8 Å². The normalized spacial score (nSPS) is 12.3. The van der Waals surface area contributed by atoms with Crippen molar-refractivity contribution in [2.75, 3.05) is 0 Å². The highest BCUT2D eigenvalue weighted by molar-refractivity contribution is 5.33. The van der Waals surface area contributed by atoms with Crippen LogP contribution in [0.3, 0.4) is 0 Å². The SMILES string of the molecule is NC(c1ccncc1)c1cnn(-c2ccccc2)c1. The first kappa shape index (κ1) is 11.6. The van der Waals surface area contributed by atoms with E-state index < -0.39 is 0 Å². The van der Waals surface area contributed by atoms with Crippen LogP contribution in [0.25, 0.3) is 5.69 Å². The molecule has 2 N–H and O–H groups in total. The average Bonchev–Trinajstić information content (AvgIpc) is 2.98. The lowest BCUT2D eigenvalue weighted by Crippen LogP contribution is -2.10. The topological polar surface area (TPSA) is 56.7 Å². The van der Waals surface area contributed by atoms with Crippen LogP contribution < -0.4 is 5.73 Å². The Morgan fingerprint density at radius 3 is 2.42 bits per heavy atom. The summed E-state index contributed by atoms with van der Waals surface area (Å²) in [7, 11) is 0. The summed E-state index contributed by atoms with van der Waals surface area (Å²) >= 11 is 0. The van der Waals surface area contributed by atoms with Gasteiger partial charge >= 0.3 is 0 Å². The monoisotopic (exact) mass is 250 g/mol. The first-order valence-electron chi connectivity index (χ1n) is 6.10. The molecule has 0 aliphatic rings. The molecule has 4 heteroatoms. The third-order valence-corrected chi connectivity index (χ3v) is 3.05. The molecule has 0 spiro atoms. The zero-order chi connectivity index (χ0) is 13.1. The van der Waals surface area contributed by atoms with E-state index in [2.05, 4.69) is 10.1 Å². The summed E-state index contributed by atoms with van der Waals surface area (Å²) in [5.74, 6) is 0. The van der Waals surface area contributed by atoms with Gasteiger partial charge in [-0.3, -0.25) is 4.98 Å². The summed E-state index contributed by atoms with van der Waals surface area (Å²) in [5.41, 5.74) is 9.26. The van der Waals surface area contributed by atoms with E-state index >= 15 is 0 Å². The van der Waals surface area contributed by atoms with E-state index in [0.29, 0.717) is 0 Å². The quantitative estimate of drug-likeness (QED) is 0.776. The van der Waals surface area contributed by atoms with Crippen molar-refractivity contribution in [3.05, 3.63) is 78.4 Å². The molecule has 2 heterocycles. The largest absolute Gasteiger partial charge is 0.320 e. The van der Waals surface area contributed by atoms with Crippen molar-refractivity contribution in [2.24, 2.45) is 5.73 Å². The van der Waals surface area contributed by atoms with Crippen LogP contribution >= 0.6 is 0 Å². The number of benzene rings is 1. The number of nitrogens with zero attached hydrogens (tertiary/aromatic N) is 3. The number of aromatic nitrogens is 3. The maximum absolute atomic E-state index is 6.23. The molecular weight excluding hydrogens is 236 g/mol. The second kappa shape index (κ2) is 5.04. The third kappa shape index (κ3) is 2.39. The van der Waals surface area contributed by atoms with Gasteiger partial charge in [0.2, 0.25) is 0 Å². The van der Waals surface area contributed by atoms with Gasteiger partial charge < -0.3 is 5.73 Å². The van der Waals surface area contributed by atoms with E-state index in [1.54, 1.807) is 18.6 Å². The molecule has 3 aromatic rings. The van der Waals surface area contributed by atoms with E-state index in [-0.39, 0.29) is 6.04 Å². The Kier molecular flexibility index (Phi) is 3.08. The Hall–Kier alpha value is -2.46. The molecule has 0 amide bonds. The second-order valence-corrected chi connectivity index (χ2v) is 4.31. The lowest BCUT2D eigenvalue weighted by atomic mass is 10.0. The minimum absolute atomic E-state index is 0.180. The highest BCUT2D eigenvalue weighted by Crippen LogP contribution is 2.19. The van der Waals surface area contributed by atoms with Crippen molar-refractivity contribution in [2.45, 2.75) is 6.04 Å². The lowest BCUT2D eigenvalue weighted by Gasteiger charge is -2.08. The first-order valence-corrected chi connectivity index (χ1v) is 6.10. The van der Waals surface area contributed by atoms with Crippen LogP contribution in [0.2, 0.25) is 0 Å². The van der Waals surface area contributed by atoms with Crippen LogP contribution in [0.1, 0.15) is 17.2 Å². The summed E-state index contributed by atoms with van der Waals surface area (Å²) in [6, 6.07) is 13.6. The van der Waals surface area contributed by atoms with Crippen LogP contribution in [-0.4, -0.2) is 14.8 Å². The van der Waals surface area contributed by atoms with Gasteiger partial charge in [0.05, 0.1) is 17.9 Å². The summed E-state index contributed by atoms with van der Waals surface area (Å²) in [5, 5.41) is 4.35. The van der Waals surface area contributed by atoms with E-state index in [1.807, 2.05) is 53.3 Å². The Labute approximate surface area is 111 Å². The van der Waals surface area contributed by atoms with Crippen molar-refractivity contribution in [1.82, 2.24) is 14.8 Å². The predicted molar refractivity (Wildman–Crippen MR) is 73.8 cm³/mol. The van der Waals surface area contributed by atoms with Gasteiger partial charge in [-0.2, -0.15) is 5.10 Å². The van der Waals surface area contributed by atoms with Crippen molar-refractivity contribution in [3.8, 4) is 5.69 Å². The Balaban J connectivity index is 1.90. The van der Waals surface area contributed by atoms with Gasteiger partial charge in [-0.25, -0.2) is 4.68 Å². The average molecular weight is 250 g/mol. The molecule has 0 radical (unpaired) electrons. The van der Waals surface area contributed by atoms with Crippen LogP contribution in [0.5, 0.6) is 0 Å². The fourth-order valence-corrected chi connectivity index (χ4v) is 1.98. The molecular formula is C15H14N4. The molecule has 0 fully saturated rings. The number of pyridine rings is 1. The van der Waals surface area contributed by atoms with Crippen molar-refractivity contribution in [1.29, 1.82) is 0 Å². The maximum Gasteiger partial charge on any atom is 0.0645 e. The highest BCUT2D eigenvalue weighted by Gasteiger charge is 2.11. The van der Waals surface area contributed by atoms with Crippen LogP contribution in [-0.2, 0) is 0 Å². The summed E-state index contributed by atoms with van der Waals surface area (Å²) in [6.45, 7) is 0. The number of nitrogens with two attached hydrogens (primary N) is 1. The maximum atomic E-state index is 6.23. The van der Waals surface area contributed by atoms with E-state index in [9.17, 15) is 0 Å². The molecule has 2 aromatic heterocycles. The minimum atomic E-state index is -0.180. The molecule has 3 rings (SSSR count). The Bertz CT molecular complexity index is 646. The Morgan fingerprint density at radius 1 is 0.947 bits per heavy atom. The third-order valence-electron chi connectivity index (χ3n) is 3.05. The summed E-state index contributed by atoms with van der Waals surface area (Å²) in [6.07, 6.45) is 7.26. The van der Waals surface area contributed by atoms with Crippen molar-refractivity contribution < 1.29 is 0 Å².